The Kier molecular flexibility index (Phi) is 4.02. The van der Waals surface area contributed by atoms with Gasteiger partial charge in [-0.05, 0) is 25.0 Å². The molecule has 1 heterocycles. The van der Waals surface area contributed by atoms with E-state index in [2.05, 4.69) is 0 Å². The number of methoxy groups -OCH3 is 1. The predicted octanol–water partition coefficient (Wildman–Crippen LogP) is 2.70. The lowest BCUT2D eigenvalue weighted by Gasteiger charge is -2.31. The quantitative estimate of drug-likeness (QED) is 0.804. The number of hydrogen-bond acceptors (Lipinski definition) is 3. The summed E-state index contributed by atoms with van der Waals surface area (Å²) in [5.41, 5.74) is 1.01. The van der Waals surface area contributed by atoms with Crippen molar-refractivity contribution in [3.63, 3.8) is 0 Å². The molecule has 0 saturated carbocycles. The zero-order valence-corrected chi connectivity index (χ0v) is 10.3. The molecule has 92 valence electrons. The average Bonchev–Trinajstić information content (AvgIpc) is 2.39. The zero-order chi connectivity index (χ0) is 12.3. The van der Waals surface area contributed by atoms with Crippen LogP contribution in [0.25, 0.3) is 0 Å². The Morgan fingerprint density at radius 1 is 1.24 bits per heavy atom. The van der Waals surface area contributed by atoms with Gasteiger partial charge < -0.3 is 14.2 Å². The fraction of sp³-hybridized carbons (Fsp3) is 0.500. The summed E-state index contributed by atoms with van der Waals surface area (Å²) in [5, 5.41) is 0. The highest BCUT2D eigenvalue weighted by molar-refractivity contribution is 5.27. The first kappa shape index (κ1) is 12.4. The van der Waals surface area contributed by atoms with Crippen LogP contribution in [0.2, 0.25) is 0 Å². The maximum Gasteiger partial charge on any atom is 0.183 e. The van der Waals surface area contributed by atoms with Crippen molar-refractivity contribution in [3.8, 4) is 5.75 Å². The Labute approximate surface area is 103 Å². The Bertz CT molecular complexity index is 337. The van der Waals surface area contributed by atoms with Gasteiger partial charge in [0, 0.05) is 11.5 Å². The van der Waals surface area contributed by atoms with Crippen molar-refractivity contribution in [1.82, 2.24) is 0 Å². The third-order valence-corrected chi connectivity index (χ3v) is 3.05. The minimum Gasteiger partial charge on any atom is -0.497 e. The summed E-state index contributed by atoms with van der Waals surface area (Å²) in [6.45, 7) is 9.08. The highest BCUT2D eigenvalue weighted by atomic mass is 16.7. The predicted molar refractivity (Wildman–Crippen MR) is 64.6 cm³/mol. The molecule has 2 radical (unpaired) electrons. The molecule has 0 spiro atoms. The summed E-state index contributed by atoms with van der Waals surface area (Å²) in [6, 6.07) is 7.71. The van der Waals surface area contributed by atoms with Crippen molar-refractivity contribution in [1.29, 1.82) is 0 Å². The first-order chi connectivity index (χ1) is 8.20. The first-order valence-corrected chi connectivity index (χ1v) is 5.83. The SMILES string of the molecule is [CH]C(C)C1COC(c2ccc(OC)cc2)OC1. The average molecular weight is 234 g/mol. The molecule has 0 bridgehead atoms. The normalized spacial score (nSPS) is 24.9. The van der Waals surface area contributed by atoms with E-state index in [9.17, 15) is 0 Å². The van der Waals surface area contributed by atoms with Crippen LogP contribution in [0.15, 0.2) is 24.3 Å². The molecular formula is C14H18O3. The van der Waals surface area contributed by atoms with Gasteiger partial charge in [-0.25, -0.2) is 0 Å². The van der Waals surface area contributed by atoms with Gasteiger partial charge in [0.15, 0.2) is 6.29 Å². The number of hydrogen-bond donors (Lipinski definition) is 0. The summed E-state index contributed by atoms with van der Waals surface area (Å²) in [4.78, 5) is 0. The van der Waals surface area contributed by atoms with Gasteiger partial charge >= 0.3 is 0 Å². The van der Waals surface area contributed by atoms with Crippen LogP contribution in [0.4, 0.5) is 0 Å². The molecule has 1 atom stereocenters. The van der Waals surface area contributed by atoms with Crippen LogP contribution < -0.4 is 4.74 Å². The van der Waals surface area contributed by atoms with E-state index >= 15 is 0 Å². The minimum absolute atomic E-state index is 0.104. The molecule has 3 heteroatoms. The summed E-state index contributed by atoms with van der Waals surface area (Å²) in [7, 11) is 1.65. The van der Waals surface area contributed by atoms with Crippen molar-refractivity contribution in [2.24, 2.45) is 11.8 Å². The highest BCUT2D eigenvalue weighted by Gasteiger charge is 2.25. The van der Waals surface area contributed by atoms with E-state index in [1.807, 2.05) is 31.2 Å². The lowest BCUT2D eigenvalue weighted by atomic mass is 9.97. The molecule has 1 saturated heterocycles. The second-order valence-electron chi connectivity index (χ2n) is 4.39. The van der Waals surface area contributed by atoms with Crippen LogP contribution in [0.5, 0.6) is 5.75 Å². The molecule has 1 aliphatic rings. The van der Waals surface area contributed by atoms with Crippen LogP contribution >= 0.6 is 0 Å². The van der Waals surface area contributed by atoms with E-state index in [-0.39, 0.29) is 18.1 Å². The Balaban J connectivity index is 1.95. The van der Waals surface area contributed by atoms with Crippen LogP contribution in [0.3, 0.4) is 0 Å². The number of benzene rings is 1. The lowest BCUT2D eigenvalue weighted by Crippen LogP contribution is -2.30. The lowest BCUT2D eigenvalue weighted by molar-refractivity contribution is -0.209. The van der Waals surface area contributed by atoms with Gasteiger partial charge in [-0.1, -0.05) is 19.1 Å². The fourth-order valence-electron chi connectivity index (χ4n) is 1.78. The van der Waals surface area contributed by atoms with E-state index in [0.717, 1.165) is 11.3 Å². The Hall–Kier alpha value is -1.06. The first-order valence-electron chi connectivity index (χ1n) is 5.83. The van der Waals surface area contributed by atoms with Gasteiger partial charge in [0.25, 0.3) is 0 Å². The summed E-state index contributed by atoms with van der Waals surface area (Å²) in [6.07, 6.45) is -0.282. The smallest absolute Gasteiger partial charge is 0.183 e. The molecule has 1 aromatic rings. The molecule has 1 fully saturated rings. The maximum absolute atomic E-state index is 5.81. The monoisotopic (exact) mass is 234 g/mol. The van der Waals surface area contributed by atoms with E-state index in [0.29, 0.717) is 13.2 Å². The topological polar surface area (TPSA) is 27.7 Å². The number of rotatable bonds is 3. The van der Waals surface area contributed by atoms with Crippen molar-refractivity contribution in [2.75, 3.05) is 20.3 Å². The molecule has 3 nitrogen and oxygen atoms in total. The van der Waals surface area contributed by atoms with Gasteiger partial charge in [-0.2, -0.15) is 0 Å². The van der Waals surface area contributed by atoms with Crippen molar-refractivity contribution in [3.05, 3.63) is 36.8 Å². The molecule has 1 aromatic carbocycles. The largest absolute Gasteiger partial charge is 0.497 e. The third kappa shape index (κ3) is 2.99. The van der Waals surface area contributed by atoms with Gasteiger partial charge in [-0.3, -0.25) is 0 Å². The van der Waals surface area contributed by atoms with E-state index in [4.69, 9.17) is 21.1 Å². The Morgan fingerprint density at radius 2 is 1.82 bits per heavy atom. The zero-order valence-electron chi connectivity index (χ0n) is 10.3. The molecule has 1 unspecified atom stereocenters. The fourth-order valence-corrected chi connectivity index (χ4v) is 1.78. The van der Waals surface area contributed by atoms with Gasteiger partial charge in [0.05, 0.1) is 20.3 Å². The van der Waals surface area contributed by atoms with E-state index in [1.54, 1.807) is 7.11 Å². The molecule has 2 rings (SSSR count). The molecule has 0 aromatic heterocycles. The van der Waals surface area contributed by atoms with Crippen molar-refractivity contribution < 1.29 is 14.2 Å². The molecular weight excluding hydrogens is 216 g/mol. The molecule has 0 N–H and O–H groups in total. The highest BCUT2D eigenvalue weighted by Crippen LogP contribution is 2.28. The van der Waals surface area contributed by atoms with Crippen LogP contribution in [-0.2, 0) is 9.47 Å². The minimum atomic E-state index is -0.282. The summed E-state index contributed by atoms with van der Waals surface area (Å²) < 4.78 is 16.4. The van der Waals surface area contributed by atoms with E-state index in [1.165, 1.54) is 0 Å². The van der Waals surface area contributed by atoms with Crippen molar-refractivity contribution in [2.45, 2.75) is 13.2 Å². The van der Waals surface area contributed by atoms with Crippen LogP contribution in [0, 0.1) is 18.8 Å². The molecule has 0 amide bonds. The summed E-state index contributed by atoms with van der Waals surface area (Å²) >= 11 is 0. The third-order valence-electron chi connectivity index (χ3n) is 3.05. The van der Waals surface area contributed by atoms with Crippen LogP contribution in [0.1, 0.15) is 18.8 Å². The second kappa shape index (κ2) is 5.52. The van der Waals surface area contributed by atoms with Crippen LogP contribution in [-0.4, -0.2) is 20.3 Å². The van der Waals surface area contributed by atoms with Gasteiger partial charge in [0.2, 0.25) is 0 Å². The maximum atomic E-state index is 5.81. The Morgan fingerprint density at radius 3 is 2.29 bits per heavy atom. The standard InChI is InChI=1S/C14H18O3/c1-10(2)12-8-16-14(17-9-12)11-4-6-13(15-3)7-5-11/h1,4-7,10,12,14H,8-9H2,2-3H3. The second-order valence-corrected chi connectivity index (χ2v) is 4.39. The molecule has 0 aliphatic carbocycles. The summed E-state index contributed by atoms with van der Waals surface area (Å²) in [5.74, 6) is 1.22. The number of ether oxygens (including phenoxy) is 3. The van der Waals surface area contributed by atoms with Crippen molar-refractivity contribution >= 4 is 0 Å². The van der Waals surface area contributed by atoms with E-state index < -0.39 is 0 Å². The van der Waals surface area contributed by atoms with Gasteiger partial charge in [-0.15, -0.1) is 0 Å². The van der Waals surface area contributed by atoms with Gasteiger partial charge in [0.1, 0.15) is 5.75 Å². The molecule has 17 heavy (non-hydrogen) atoms. The molecule has 1 aliphatic heterocycles.